The van der Waals surface area contributed by atoms with Crippen molar-refractivity contribution < 1.29 is 13.9 Å². The van der Waals surface area contributed by atoms with Crippen LogP contribution in [0.25, 0.3) is 17.0 Å². The van der Waals surface area contributed by atoms with Crippen molar-refractivity contribution in [3.8, 4) is 5.75 Å². The Bertz CT molecular complexity index is 1240. The molecule has 4 rings (SSSR count). The lowest BCUT2D eigenvalue weighted by Crippen LogP contribution is -2.44. The number of pyridine rings is 1. The third-order valence-corrected chi connectivity index (χ3v) is 6.62. The SMILES string of the molecule is CNC(=O)c1cc(=O)n(CCN2CCC(NCC(C)=Cc3ccco3)CC2)c2cc(OC)ccc12. The smallest absolute Gasteiger partial charge is 0.251 e. The molecule has 1 fully saturated rings. The molecule has 0 atom stereocenters. The fourth-order valence-corrected chi connectivity index (χ4v) is 4.62. The molecule has 35 heavy (non-hydrogen) atoms. The topological polar surface area (TPSA) is 88.7 Å². The molecule has 2 aromatic heterocycles. The second-order valence-corrected chi connectivity index (χ2v) is 9.01. The molecule has 1 amide bonds. The second kappa shape index (κ2) is 11.4. The number of carbonyl (C=O) groups is 1. The minimum Gasteiger partial charge on any atom is -0.497 e. The zero-order valence-electron chi connectivity index (χ0n) is 20.7. The highest BCUT2D eigenvalue weighted by Gasteiger charge is 2.20. The third-order valence-electron chi connectivity index (χ3n) is 6.62. The number of furan rings is 1. The Labute approximate surface area is 205 Å². The Hall–Kier alpha value is -3.36. The number of nitrogens with zero attached hydrogens (tertiary/aromatic N) is 2. The molecule has 1 saturated heterocycles. The summed E-state index contributed by atoms with van der Waals surface area (Å²) in [6.07, 6.45) is 5.88. The Morgan fingerprint density at radius 1 is 1.20 bits per heavy atom. The average molecular weight is 479 g/mol. The molecule has 0 unspecified atom stereocenters. The molecule has 0 spiro atoms. The molecule has 8 heteroatoms. The van der Waals surface area contributed by atoms with Gasteiger partial charge in [0.25, 0.3) is 11.5 Å². The number of carbonyl (C=O) groups excluding carboxylic acids is 1. The normalized spacial score (nSPS) is 15.5. The first kappa shape index (κ1) is 24.8. The van der Waals surface area contributed by atoms with Gasteiger partial charge in [0.15, 0.2) is 0 Å². The van der Waals surface area contributed by atoms with Gasteiger partial charge in [-0.1, -0.05) is 5.57 Å². The van der Waals surface area contributed by atoms with E-state index >= 15 is 0 Å². The maximum Gasteiger partial charge on any atom is 0.251 e. The molecule has 3 aromatic rings. The van der Waals surface area contributed by atoms with Crippen LogP contribution in [0.15, 0.2) is 57.4 Å². The van der Waals surface area contributed by atoms with Gasteiger partial charge in [-0.15, -0.1) is 0 Å². The number of methoxy groups -OCH3 is 1. The maximum atomic E-state index is 13.0. The Morgan fingerprint density at radius 3 is 2.69 bits per heavy atom. The summed E-state index contributed by atoms with van der Waals surface area (Å²) in [5, 5.41) is 7.02. The molecule has 1 aliphatic heterocycles. The Morgan fingerprint density at radius 2 is 2.00 bits per heavy atom. The van der Waals surface area contributed by atoms with Crippen molar-refractivity contribution in [3.63, 3.8) is 0 Å². The summed E-state index contributed by atoms with van der Waals surface area (Å²) in [6.45, 7) is 6.23. The van der Waals surface area contributed by atoms with E-state index in [9.17, 15) is 9.59 Å². The third kappa shape index (κ3) is 6.01. The van der Waals surface area contributed by atoms with Crippen LogP contribution in [0.4, 0.5) is 0 Å². The van der Waals surface area contributed by atoms with Gasteiger partial charge in [-0.2, -0.15) is 0 Å². The number of fused-ring (bicyclic) bond motifs is 1. The fraction of sp³-hybridized carbons (Fsp3) is 0.407. The number of ether oxygens (including phenoxy) is 1. The van der Waals surface area contributed by atoms with Gasteiger partial charge in [0.2, 0.25) is 0 Å². The van der Waals surface area contributed by atoms with Crippen LogP contribution in [0.5, 0.6) is 5.75 Å². The number of hydrogen-bond acceptors (Lipinski definition) is 6. The molecule has 0 aliphatic carbocycles. The fourth-order valence-electron chi connectivity index (χ4n) is 4.62. The molecule has 186 valence electrons. The lowest BCUT2D eigenvalue weighted by Gasteiger charge is -2.32. The largest absolute Gasteiger partial charge is 0.497 e. The maximum absolute atomic E-state index is 13.0. The number of aromatic nitrogens is 1. The lowest BCUT2D eigenvalue weighted by molar-refractivity contribution is 0.0964. The predicted molar refractivity (Wildman–Crippen MR) is 138 cm³/mol. The van der Waals surface area contributed by atoms with Crippen molar-refractivity contribution in [3.05, 3.63) is 69.9 Å². The number of benzene rings is 1. The van der Waals surface area contributed by atoms with Crippen LogP contribution < -0.4 is 20.9 Å². The van der Waals surface area contributed by atoms with Crippen molar-refractivity contribution in [1.29, 1.82) is 0 Å². The molecule has 0 bridgehead atoms. The molecule has 8 nitrogen and oxygen atoms in total. The molecule has 1 aliphatic rings. The van der Waals surface area contributed by atoms with Crippen LogP contribution in [0.2, 0.25) is 0 Å². The van der Waals surface area contributed by atoms with Crippen molar-refractivity contribution in [2.75, 3.05) is 40.3 Å². The van der Waals surface area contributed by atoms with Crippen molar-refractivity contribution in [1.82, 2.24) is 20.1 Å². The van der Waals surface area contributed by atoms with Gasteiger partial charge in [0, 0.05) is 50.2 Å². The van der Waals surface area contributed by atoms with E-state index in [1.54, 1.807) is 25.0 Å². The average Bonchev–Trinajstić information content (AvgIpc) is 3.39. The van der Waals surface area contributed by atoms with Gasteiger partial charge in [0.1, 0.15) is 11.5 Å². The van der Waals surface area contributed by atoms with E-state index in [4.69, 9.17) is 9.15 Å². The summed E-state index contributed by atoms with van der Waals surface area (Å²) in [4.78, 5) is 27.7. The van der Waals surface area contributed by atoms with Gasteiger partial charge in [0.05, 0.1) is 24.5 Å². The Balaban J connectivity index is 1.37. The summed E-state index contributed by atoms with van der Waals surface area (Å²) in [5.74, 6) is 1.26. The van der Waals surface area contributed by atoms with Crippen LogP contribution >= 0.6 is 0 Å². The summed E-state index contributed by atoms with van der Waals surface area (Å²) >= 11 is 0. The predicted octanol–water partition coefficient (Wildman–Crippen LogP) is 3.12. The van der Waals surface area contributed by atoms with Gasteiger partial charge < -0.3 is 29.3 Å². The van der Waals surface area contributed by atoms with Gasteiger partial charge >= 0.3 is 0 Å². The zero-order chi connectivity index (χ0) is 24.8. The van der Waals surface area contributed by atoms with Gasteiger partial charge in [-0.05, 0) is 63.2 Å². The Kier molecular flexibility index (Phi) is 8.05. The molecule has 2 N–H and O–H groups in total. The molecular formula is C27H34N4O4. The van der Waals surface area contributed by atoms with E-state index in [-0.39, 0.29) is 11.5 Å². The standard InChI is InChI=1S/C27H34N4O4/c1-19(15-22-5-4-14-35-22)18-29-20-8-10-30(11-9-20)12-13-31-25-16-21(34-3)6-7-23(25)24(17-26(31)32)27(33)28-2/h4-7,14-17,20,29H,8-13,18H2,1-3H3,(H,28,33). The lowest BCUT2D eigenvalue weighted by atomic mass is 10.0. The summed E-state index contributed by atoms with van der Waals surface area (Å²) in [6, 6.07) is 11.2. The zero-order valence-corrected chi connectivity index (χ0v) is 20.7. The summed E-state index contributed by atoms with van der Waals surface area (Å²) < 4.78 is 12.5. The first-order valence-electron chi connectivity index (χ1n) is 12.1. The number of piperidine rings is 1. The molecule has 1 aromatic carbocycles. The number of nitrogens with one attached hydrogen (secondary N) is 2. The van der Waals surface area contributed by atoms with Gasteiger partial charge in [-0.3, -0.25) is 9.59 Å². The first-order valence-corrected chi connectivity index (χ1v) is 12.1. The van der Waals surface area contributed by atoms with Crippen LogP contribution in [0.1, 0.15) is 35.9 Å². The number of amides is 1. The highest BCUT2D eigenvalue weighted by molar-refractivity contribution is 6.06. The summed E-state index contributed by atoms with van der Waals surface area (Å²) in [5.41, 5.74) is 2.16. The minimum absolute atomic E-state index is 0.181. The first-order chi connectivity index (χ1) is 17.0. The van der Waals surface area contributed by atoms with E-state index in [1.807, 2.05) is 30.3 Å². The summed E-state index contributed by atoms with van der Waals surface area (Å²) in [7, 11) is 3.16. The highest BCUT2D eigenvalue weighted by atomic mass is 16.5. The monoisotopic (exact) mass is 478 g/mol. The number of rotatable bonds is 9. The number of likely N-dealkylation sites (tertiary alicyclic amines) is 1. The van der Waals surface area contributed by atoms with Crippen LogP contribution in [-0.2, 0) is 6.54 Å². The van der Waals surface area contributed by atoms with E-state index in [0.717, 1.165) is 50.2 Å². The highest BCUT2D eigenvalue weighted by Crippen LogP contribution is 2.23. The van der Waals surface area contributed by atoms with Crippen LogP contribution in [0.3, 0.4) is 0 Å². The van der Waals surface area contributed by atoms with Gasteiger partial charge in [-0.25, -0.2) is 0 Å². The minimum atomic E-state index is -0.270. The molecule has 0 radical (unpaired) electrons. The molecular weight excluding hydrogens is 444 g/mol. The van der Waals surface area contributed by atoms with Crippen molar-refractivity contribution in [2.24, 2.45) is 0 Å². The quantitative estimate of drug-likeness (QED) is 0.491. The van der Waals surface area contributed by atoms with E-state index in [2.05, 4.69) is 28.5 Å². The van der Waals surface area contributed by atoms with E-state index in [1.165, 1.54) is 11.6 Å². The van der Waals surface area contributed by atoms with Crippen LogP contribution in [-0.4, -0.2) is 61.8 Å². The molecule has 3 heterocycles. The molecule has 0 saturated carbocycles. The van der Waals surface area contributed by atoms with Crippen LogP contribution in [0, 0.1) is 0 Å². The van der Waals surface area contributed by atoms with Crippen molar-refractivity contribution in [2.45, 2.75) is 32.4 Å². The van der Waals surface area contributed by atoms with Crippen molar-refractivity contribution >= 4 is 22.9 Å². The second-order valence-electron chi connectivity index (χ2n) is 9.01. The van der Waals surface area contributed by atoms with E-state index < -0.39 is 0 Å². The number of hydrogen-bond donors (Lipinski definition) is 2. The van der Waals surface area contributed by atoms with E-state index in [0.29, 0.717) is 29.4 Å².